The van der Waals surface area contributed by atoms with E-state index in [1.807, 2.05) is 17.0 Å². The molecule has 0 saturated carbocycles. The van der Waals surface area contributed by atoms with Crippen LogP contribution >= 0.6 is 0 Å². The molecule has 4 rings (SSSR count). The van der Waals surface area contributed by atoms with Crippen LogP contribution in [0.2, 0.25) is 0 Å². The number of anilines is 1. The molecule has 1 saturated heterocycles. The molecule has 0 bridgehead atoms. The van der Waals surface area contributed by atoms with Crippen LogP contribution in [0.15, 0.2) is 52.1 Å². The molecule has 3 aromatic heterocycles. The largest absolute Gasteiger partial charge is 0.438 e. The van der Waals surface area contributed by atoms with Gasteiger partial charge in [0.25, 0.3) is 0 Å². The van der Waals surface area contributed by atoms with E-state index < -0.39 is 0 Å². The molecule has 0 radical (unpaired) electrons. The fourth-order valence-electron chi connectivity index (χ4n) is 2.72. The van der Waals surface area contributed by atoms with Crippen molar-refractivity contribution in [3.63, 3.8) is 0 Å². The lowest BCUT2D eigenvalue weighted by Crippen LogP contribution is -2.36. The zero-order valence-corrected chi connectivity index (χ0v) is 12.4. The smallest absolute Gasteiger partial charge is 0.200 e. The normalized spacial score (nSPS) is 15.0. The van der Waals surface area contributed by atoms with Gasteiger partial charge in [0, 0.05) is 43.3 Å². The molecule has 0 unspecified atom stereocenters. The third-order valence-electron chi connectivity index (χ3n) is 3.89. The van der Waals surface area contributed by atoms with Gasteiger partial charge in [-0.2, -0.15) is 0 Å². The van der Waals surface area contributed by atoms with Gasteiger partial charge in [0.1, 0.15) is 5.69 Å². The number of rotatable bonds is 2. The Balaban J connectivity index is 1.91. The molecule has 0 spiro atoms. The summed E-state index contributed by atoms with van der Waals surface area (Å²) in [6.07, 6.45) is 5.03. The van der Waals surface area contributed by atoms with E-state index in [-0.39, 0.29) is 5.43 Å². The second-order valence-corrected chi connectivity index (χ2v) is 5.33. The Morgan fingerprint density at radius 3 is 2.78 bits per heavy atom. The Hall–Kier alpha value is -2.73. The van der Waals surface area contributed by atoms with E-state index >= 15 is 0 Å². The van der Waals surface area contributed by atoms with Gasteiger partial charge in [0.05, 0.1) is 18.6 Å². The van der Waals surface area contributed by atoms with E-state index in [0.29, 0.717) is 48.9 Å². The molecule has 6 nitrogen and oxygen atoms in total. The van der Waals surface area contributed by atoms with Gasteiger partial charge >= 0.3 is 0 Å². The third-order valence-corrected chi connectivity index (χ3v) is 3.89. The van der Waals surface area contributed by atoms with E-state index in [1.165, 1.54) is 0 Å². The summed E-state index contributed by atoms with van der Waals surface area (Å²) < 4.78 is 11.4. The first-order valence-electron chi connectivity index (χ1n) is 7.49. The lowest BCUT2D eigenvalue weighted by Gasteiger charge is -2.27. The standard InChI is InChI=1S/C17H15N3O3/c21-14-10-15(20-6-8-22-9-7-20)23-17-13(14)3-5-19-16(17)12-2-1-4-18-11-12/h1-5,10-11H,6-9H2. The fraction of sp³-hybridized carbons (Fsp3) is 0.235. The topological polar surface area (TPSA) is 68.5 Å². The second kappa shape index (κ2) is 5.81. The van der Waals surface area contributed by atoms with E-state index in [0.717, 1.165) is 5.56 Å². The molecule has 1 aliphatic heterocycles. The van der Waals surface area contributed by atoms with Crippen molar-refractivity contribution in [2.24, 2.45) is 0 Å². The molecule has 6 heteroatoms. The van der Waals surface area contributed by atoms with Gasteiger partial charge in [-0.15, -0.1) is 0 Å². The SMILES string of the molecule is O=c1cc(N2CCOCC2)oc2c(-c3cccnc3)nccc12. The van der Waals surface area contributed by atoms with Gasteiger partial charge in [-0.3, -0.25) is 14.8 Å². The molecule has 116 valence electrons. The fourth-order valence-corrected chi connectivity index (χ4v) is 2.72. The van der Waals surface area contributed by atoms with Crippen molar-refractivity contribution in [1.29, 1.82) is 0 Å². The highest BCUT2D eigenvalue weighted by atomic mass is 16.5. The second-order valence-electron chi connectivity index (χ2n) is 5.33. The zero-order valence-electron chi connectivity index (χ0n) is 12.4. The number of hydrogen-bond donors (Lipinski definition) is 0. The first-order valence-corrected chi connectivity index (χ1v) is 7.49. The molecule has 4 heterocycles. The highest BCUT2D eigenvalue weighted by Gasteiger charge is 2.17. The van der Waals surface area contributed by atoms with E-state index in [1.54, 1.807) is 30.7 Å². The van der Waals surface area contributed by atoms with Gasteiger partial charge in [-0.25, -0.2) is 0 Å². The average Bonchev–Trinajstić information content (AvgIpc) is 2.63. The van der Waals surface area contributed by atoms with E-state index in [4.69, 9.17) is 9.15 Å². The number of fused-ring (bicyclic) bond motifs is 1. The maximum absolute atomic E-state index is 12.5. The number of morpholine rings is 1. The van der Waals surface area contributed by atoms with Crippen LogP contribution in [0.1, 0.15) is 0 Å². The molecule has 0 aliphatic carbocycles. The molecule has 0 atom stereocenters. The molecule has 3 aromatic rings. The van der Waals surface area contributed by atoms with Crippen molar-refractivity contribution in [2.45, 2.75) is 0 Å². The van der Waals surface area contributed by atoms with Gasteiger partial charge < -0.3 is 14.1 Å². The summed E-state index contributed by atoms with van der Waals surface area (Å²) in [5, 5.41) is 0.524. The maximum atomic E-state index is 12.5. The average molecular weight is 309 g/mol. The van der Waals surface area contributed by atoms with Gasteiger partial charge in [-0.1, -0.05) is 0 Å². The summed E-state index contributed by atoms with van der Waals surface area (Å²) in [5.41, 5.74) is 1.87. The summed E-state index contributed by atoms with van der Waals surface area (Å²) in [6, 6.07) is 6.96. The minimum absolute atomic E-state index is 0.0692. The summed E-state index contributed by atoms with van der Waals surface area (Å²) >= 11 is 0. The van der Waals surface area contributed by atoms with Crippen molar-refractivity contribution < 1.29 is 9.15 Å². The molecule has 0 amide bonds. The molecule has 1 aliphatic rings. The molecule has 0 aromatic carbocycles. The monoisotopic (exact) mass is 309 g/mol. The summed E-state index contributed by atoms with van der Waals surface area (Å²) in [5.74, 6) is 0.559. The zero-order chi connectivity index (χ0) is 15.6. The Morgan fingerprint density at radius 1 is 1.13 bits per heavy atom. The van der Waals surface area contributed by atoms with Crippen LogP contribution < -0.4 is 10.3 Å². The lowest BCUT2D eigenvalue weighted by molar-refractivity contribution is 0.121. The summed E-state index contributed by atoms with van der Waals surface area (Å²) in [4.78, 5) is 23.0. The first kappa shape index (κ1) is 13.9. The molecule has 1 fully saturated rings. The Bertz CT molecular complexity index is 886. The quantitative estimate of drug-likeness (QED) is 0.722. The number of ether oxygens (including phenoxy) is 1. The molecular weight excluding hydrogens is 294 g/mol. The van der Waals surface area contributed by atoms with Crippen molar-refractivity contribution in [1.82, 2.24) is 9.97 Å². The van der Waals surface area contributed by atoms with E-state index in [2.05, 4.69) is 9.97 Å². The van der Waals surface area contributed by atoms with Gasteiger partial charge in [0.15, 0.2) is 16.9 Å². The number of pyridine rings is 2. The van der Waals surface area contributed by atoms with Crippen molar-refractivity contribution in [3.8, 4) is 11.3 Å². The number of hydrogen-bond acceptors (Lipinski definition) is 6. The highest BCUT2D eigenvalue weighted by molar-refractivity contribution is 5.89. The first-order chi connectivity index (χ1) is 11.3. The van der Waals surface area contributed by atoms with Gasteiger partial charge in [-0.05, 0) is 18.2 Å². The van der Waals surface area contributed by atoms with Crippen molar-refractivity contribution >= 4 is 16.9 Å². The minimum atomic E-state index is -0.0692. The highest BCUT2D eigenvalue weighted by Crippen LogP contribution is 2.27. The molecular formula is C17H15N3O3. The van der Waals surface area contributed by atoms with Gasteiger partial charge in [0.2, 0.25) is 0 Å². The van der Waals surface area contributed by atoms with Crippen LogP contribution in [0.25, 0.3) is 22.2 Å². The Kier molecular flexibility index (Phi) is 3.51. The Labute approximate surface area is 132 Å². The molecule has 23 heavy (non-hydrogen) atoms. The summed E-state index contributed by atoms with van der Waals surface area (Å²) in [6.45, 7) is 2.67. The van der Waals surface area contributed by atoms with Crippen LogP contribution in [0, 0.1) is 0 Å². The van der Waals surface area contributed by atoms with Crippen molar-refractivity contribution in [2.75, 3.05) is 31.2 Å². The molecule has 0 N–H and O–H groups in total. The van der Waals surface area contributed by atoms with Crippen LogP contribution in [0.3, 0.4) is 0 Å². The van der Waals surface area contributed by atoms with Crippen LogP contribution in [0.5, 0.6) is 0 Å². The third kappa shape index (κ3) is 2.57. The lowest BCUT2D eigenvalue weighted by atomic mass is 10.1. The Morgan fingerprint density at radius 2 is 2.00 bits per heavy atom. The van der Waals surface area contributed by atoms with E-state index in [9.17, 15) is 4.79 Å². The van der Waals surface area contributed by atoms with Crippen LogP contribution in [-0.4, -0.2) is 36.3 Å². The van der Waals surface area contributed by atoms with Crippen molar-refractivity contribution in [3.05, 3.63) is 53.1 Å². The van der Waals surface area contributed by atoms with Crippen LogP contribution in [-0.2, 0) is 4.74 Å². The van der Waals surface area contributed by atoms with Crippen LogP contribution in [0.4, 0.5) is 5.88 Å². The predicted molar refractivity (Wildman–Crippen MR) is 86.5 cm³/mol. The predicted octanol–water partition coefficient (Wildman–Crippen LogP) is 2.09. The number of nitrogens with zero attached hydrogens (tertiary/aromatic N) is 3. The maximum Gasteiger partial charge on any atom is 0.200 e. The number of aromatic nitrogens is 2. The summed E-state index contributed by atoms with van der Waals surface area (Å²) in [7, 11) is 0. The minimum Gasteiger partial charge on any atom is -0.438 e.